The van der Waals surface area contributed by atoms with E-state index >= 15 is 0 Å². The van der Waals surface area contributed by atoms with Crippen molar-refractivity contribution in [2.75, 3.05) is 19.7 Å². The molecule has 0 atom stereocenters. The predicted molar refractivity (Wildman–Crippen MR) is 100.0 cm³/mol. The first-order valence-corrected chi connectivity index (χ1v) is 8.56. The summed E-state index contributed by atoms with van der Waals surface area (Å²) in [6.07, 6.45) is 0. The molecule has 2 aromatic carbocycles. The number of likely N-dealkylation sites (N-methyl/N-ethyl adjacent to an activating group) is 1. The van der Waals surface area contributed by atoms with Gasteiger partial charge in [0.15, 0.2) is 0 Å². The fourth-order valence-corrected chi connectivity index (χ4v) is 2.77. The van der Waals surface area contributed by atoms with Crippen LogP contribution in [0.15, 0.2) is 53.3 Å². The average molecular weight is 337 g/mol. The van der Waals surface area contributed by atoms with Crippen molar-refractivity contribution in [1.82, 2.24) is 14.9 Å². The van der Waals surface area contributed by atoms with Gasteiger partial charge in [0.25, 0.3) is 5.56 Å². The molecule has 1 N–H and O–H groups in total. The van der Waals surface area contributed by atoms with E-state index in [-0.39, 0.29) is 5.56 Å². The van der Waals surface area contributed by atoms with E-state index in [1.54, 1.807) is 6.07 Å². The summed E-state index contributed by atoms with van der Waals surface area (Å²) in [5.74, 6) is 1.59. The Morgan fingerprint density at radius 2 is 1.88 bits per heavy atom. The third kappa shape index (κ3) is 4.25. The smallest absolute Gasteiger partial charge is 0.258 e. The molecule has 0 bridgehead atoms. The molecule has 3 aromatic rings. The van der Waals surface area contributed by atoms with Crippen LogP contribution in [0.25, 0.3) is 10.9 Å². The van der Waals surface area contributed by atoms with Gasteiger partial charge in [0.2, 0.25) is 0 Å². The van der Waals surface area contributed by atoms with Gasteiger partial charge in [-0.3, -0.25) is 9.69 Å². The summed E-state index contributed by atoms with van der Waals surface area (Å²) in [7, 11) is 0. The minimum absolute atomic E-state index is 0.0900. The van der Waals surface area contributed by atoms with Crippen LogP contribution in [0.4, 0.5) is 0 Å². The number of rotatable bonds is 7. The zero-order valence-corrected chi connectivity index (χ0v) is 14.7. The third-order valence-electron chi connectivity index (χ3n) is 4.24. The van der Waals surface area contributed by atoms with Gasteiger partial charge in [-0.15, -0.1) is 0 Å². The molecule has 5 nitrogen and oxygen atoms in total. The van der Waals surface area contributed by atoms with Gasteiger partial charge in [-0.25, -0.2) is 4.98 Å². The average Bonchev–Trinajstić information content (AvgIpc) is 2.62. The Hall–Kier alpha value is -2.66. The molecule has 0 aliphatic carbocycles. The summed E-state index contributed by atoms with van der Waals surface area (Å²) < 4.78 is 5.87. The maximum absolute atomic E-state index is 12.2. The van der Waals surface area contributed by atoms with E-state index < -0.39 is 0 Å². The standard InChI is InChI=1S/C20H23N3O2/c1-3-23(12-13-25-18-11-7-4-8-15(18)2)14-19-21-17-10-6-5-9-16(17)20(24)22-19/h4-11H,3,12-14H2,1-2H3,(H,21,22,24). The van der Waals surface area contributed by atoms with Crippen molar-refractivity contribution in [3.05, 3.63) is 70.3 Å². The van der Waals surface area contributed by atoms with E-state index in [0.717, 1.165) is 29.9 Å². The summed E-state index contributed by atoms with van der Waals surface area (Å²) in [6, 6.07) is 15.4. The van der Waals surface area contributed by atoms with Crippen LogP contribution in [0.5, 0.6) is 5.75 Å². The molecule has 130 valence electrons. The van der Waals surface area contributed by atoms with Crippen molar-refractivity contribution >= 4 is 10.9 Å². The first-order chi connectivity index (χ1) is 12.2. The molecule has 5 heteroatoms. The number of hydrogen-bond acceptors (Lipinski definition) is 4. The summed E-state index contributed by atoms with van der Waals surface area (Å²) in [6.45, 7) is 6.93. The number of hydrogen-bond donors (Lipinski definition) is 1. The van der Waals surface area contributed by atoms with Gasteiger partial charge in [-0.1, -0.05) is 37.3 Å². The van der Waals surface area contributed by atoms with Crippen molar-refractivity contribution in [3.8, 4) is 5.75 Å². The highest BCUT2D eigenvalue weighted by molar-refractivity contribution is 5.77. The molecule has 0 aliphatic heterocycles. The predicted octanol–water partition coefficient (Wildman–Crippen LogP) is 3.13. The zero-order chi connectivity index (χ0) is 17.6. The first-order valence-electron chi connectivity index (χ1n) is 8.56. The second-order valence-corrected chi connectivity index (χ2v) is 6.01. The van der Waals surface area contributed by atoms with Crippen LogP contribution in [0.2, 0.25) is 0 Å². The minimum Gasteiger partial charge on any atom is -0.492 e. The Labute approximate surface area is 147 Å². The number of benzene rings is 2. The Balaban J connectivity index is 1.64. The maximum atomic E-state index is 12.2. The highest BCUT2D eigenvalue weighted by atomic mass is 16.5. The second kappa shape index (κ2) is 7.94. The van der Waals surface area contributed by atoms with Crippen molar-refractivity contribution in [3.63, 3.8) is 0 Å². The third-order valence-corrected chi connectivity index (χ3v) is 4.24. The lowest BCUT2D eigenvalue weighted by Gasteiger charge is -2.20. The molecule has 0 aliphatic rings. The van der Waals surface area contributed by atoms with Crippen molar-refractivity contribution in [1.29, 1.82) is 0 Å². The quantitative estimate of drug-likeness (QED) is 0.720. The molecule has 0 saturated heterocycles. The van der Waals surface area contributed by atoms with Crippen LogP contribution < -0.4 is 10.3 Å². The van der Waals surface area contributed by atoms with Gasteiger partial charge in [0.1, 0.15) is 18.2 Å². The van der Waals surface area contributed by atoms with E-state index in [9.17, 15) is 4.79 Å². The Kier molecular flexibility index (Phi) is 5.46. The molecule has 0 amide bonds. The van der Waals surface area contributed by atoms with E-state index in [1.807, 2.05) is 49.4 Å². The van der Waals surface area contributed by atoms with Gasteiger partial charge in [-0.2, -0.15) is 0 Å². The number of para-hydroxylation sites is 2. The fraction of sp³-hybridized carbons (Fsp3) is 0.300. The van der Waals surface area contributed by atoms with Crippen molar-refractivity contribution < 1.29 is 4.74 Å². The van der Waals surface area contributed by atoms with Gasteiger partial charge < -0.3 is 9.72 Å². The van der Waals surface area contributed by atoms with Gasteiger partial charge in [0, 0.05) is 6.54 Å². The minimum atomic E-state index is -0.0900. The lowest BCUT2D eigenvalue weighted by Crippen LogP contribution is -2.29. The number of nitrogens with one attached hydrogen (secondary N) is 1. The van der Waals surface area contributed by atoms with Crippen LogP contribution >= 0.6 is 0 Å². The molecule has 0 spiro atoms. The van der Waals surface area contributed by atoms with E-state index in [0.29, 0.717) is 24.4 Å². The highest BCUT2D eigenvalue weighted by Crippen LogP contribution is 2.16. The fourth-order valence-electron chi connectivity index (χ4n) is 2.77. The molecule has 25 heavy (non-hydrogen) atoms. The second-order valence-electron chi connectivity index (χ2n) is 6.01. The van der Waals surface area contributed by atoms with Gasteiger partial charge in [0.05, 0.1) is 17.4 Å². The Morgan fingerprint density at radius 3 is 2.68 bits per heavy atom. The molecule has 1 heterocycles. The largest absolute Gasteiger partial charge is 0.492 e. The monoisotopic (exact) mass is 337 g/mol. The summed E-state index contributed by atoms with van der Waals surface area (Å²) in [5.41, 5.74) is 1.77. The first kappa shape index (κ1) is 17.2. The van der Waals surface area contributed by atoms with Crippen molar-refractivity contribution in [2.24, 2.45) is 0 Å². The number of aryl methyl sites for hydroxylation is 1. The maximum Gasteiger partial charge on any atom is 0.258 e. The summed E-state index contributed by atoms with van der Waals surface area (Å²) in [5, 5.41) is 0.622. The summed E-state index contributed by atoms with van der Waals surface area (Å²) >= 11 is 0. The molecular formula is C20H23N3O2. The summed E-state index contributed by atoms with van der Waals surface area (Å²) in [4.78, 5) is 21.8. The lowest BCUT2D eigenvalue weighted by molar-refractivity contribution is 0.206. The van der Waals surface area contributed by atoms with Crippen molar-refractivity contribution in [2.45, 2.75) is 20.4 Å². The number of nitrogens with zero attached hydrogens (tertiary/aromatic N) is 2. The van der Waals surface area contributed by atoms with Crippen LogP contribution in [0, 0.1) is 6.92 Å². The van der Waals surface area contributed by atoms with E-state index in [4.69, 9.17) is 4.74 Å². The zero-order valence-electron chi connectivity index (χ0n) is 14.7. The van der Waals surface area contributed by atoms with Crippen LogP contribution in [-0.4, -0.2) is 34.6 Å². The highest BCUT2D eigenvalue weighted by Gasteiger charge is 2.09. The lowest BCUT2D eigenvalue weighted by atomic mass is 10.2. The normalized spacial score (nSPS) is 11.2. The SMILES string of the molecule is CCN(CCOc1ccccc1C)Cc1nc2ccccc2c(=O)[nH]1. The number of ether oxygens (including phenoxy) is 1. The van der Waals surface area contributed by atoms with Gasteiger partial charge >= 0.3 is 0 Å². The molecule has 0 radical (unpaired) electrons. The van der Waals surface area contributed by atoms with E-state index in [2.05, 4.69) is 21.8 Å². The Morgan fingerprint density at radius 1 is 1.12 bits per heavy atom. The van der Waals surface area contributed by atoms with Crippen LogP contribution in [0.1, 0.15) is 18.3 Å². The number of fused-ring (bicyclic) bond motifs is 1. The van der Waals surface area contributed by atoms with Crippen LogP contribution in [-0.2, 0) is 6.54 Å². The number of aromatic amines is 1. The molecule has 3 rings (SSSR count). The molecular weight excluding hydrogens is 314 g/mol. The van der Waals surface area contributed by atoms with Crippen LogP contribution in [0.3, 0.4) is 0 Å². The number of aromatic nitrogens is 2. The van der Waals surface area contributed by atoms with Gasteiger partial charge in [-0.05, 0) is 37.2 Å². The van der Waals surface area contributed by atoms with E-state index in [1.165, 1.54) is 0 Å². The molecule has 0 saturated carbocycles. The molecule has 0 unspecified atom stereocenters. The molecule has 1 aromatic heterocycles. The Bertz CT molecular complexity index is 905. The molecule has 0 fully saturated rings. The topological polar surface area (TPSA) is 58.2 Å². The number of H-pyrrole nitrogens is 1.